The van der Waals surface area contributed by atoms with E-state index in [0.29, 0.717) is 18.1 Å². The lowest BCUT2D eigenvalue weighted by molar-refractivity contribution is -0.136. The highest BCUT2D eigenvalue weighted by Crippen LogP contribution is 2.13. The van der Waals surface area contributed by atoms with E-state index in [1.165, 1.54) is 23.5 Å². The minimum absolute atomic E-state index is 0.300. The third-order valence-corrected chi connectivity index (χ3v) is 3.53. The Bertz CT molecular complexity index is 640. The molecule has 2 amide bonds. The van der Waals surface area contributed by atoms with E-state index in [1.807, 2.05) is 0 Å². The predicted octanol–water partition coefficient (Wildman–Crippen LogP) is 1.89. The second-order valence-electron chi connectivity index (χ2n) is 4.38. The average Bonchev–Trinajstić information content (AvgIpc) is 2.86. The van der Waals surface area contributed by atoms with Crippen molar-refractivity contribution in [1.82, 2.24) is 10.3 Å². The Hall–Kier alpha value is -2.28. The molecular weight excluding hydrogens is 293 g/mol. The summed E-state index contributed by atoms with van der Waals surface area (Å²) in [4.78, 5) is 27.2. The Labute approximate surface area is 125 Å². The molecule has 0 atom stereocenters. The van der Waals surface area contributed by atoms with E-state index < -0.39 is 11.8 Å². The lowest BCUT2D eigenvalue weighted by Gasteiger charge is -2.05. The van der Waals surface area contributed by atoms with E-state index in [9.17, 15) is 14.0 Å². The Kier molecular flexibility index (Phi) is 4.99. The summed E-state index contributed by atoms with van der Waals surface area (Å²) < 4.78 is 12.7. The molecule has 0 aliphatic heterocycles. The molecule has 1 aromatic carbocycles. The molecular formula is C14H14FN3O2S. The summed E-state index contributed by atoms with van der Waals surface area (Å²) in [6.07, 6.45) is 0.523. The number of carbonyl (C=O) groups excluding carboxylic acids is 2. The van der Waals surface area contributed by atoms with Crippen LogP contribution < -0.4 is 10.6 Å². The van der Waals surface area contributed by atoms with Gasteiger partial charge in [0, 0.05) is 11.9 Å². The zero-order valence-corrected chi connectivity index (χ0v) is 12.2. The number of aromatic nitrogens is 1. The number of anilines is 1. The Morgan fingerprint density at radius 2 is 1.95 bits per heavy atom. The van der Waals surface area contributed by atoms with Crippen LogP contribution in [0.1, 0.15) is 11.3 Å². The maximum Gasteiger partial charge on any atom is 0.315 e. The van der Waals surface area contributed by atoms with E-state index in [-0.39, 0.29) is 5.82 Å². The fourth-order valence-corrected chi connectivity index (χ4v) is 2.30. The van der Waals surface area contributed by atoms with Crippen LogP contribution in [-0.4, -0.2) is 23.3 Å². The van der Waals surface area contributed by atoms with E-state index in [4.69, 9.17) is 0 Å². The van der Waals surface area contributed by atoms with Gasteiger partial charge in [-0.3, -0.25) is 14.9 Å². The molecule has 0 spiro atoms. The molecule has 0 aliphatic rings. The van der Waals surface area contributed by atoms with Gasteiger partial charge < -0.3 is 5.32 Å². The summed E-state index contributed by atoms with van der Waals surface area (Å²) in [5.74, 6) is -1.77. The van der Waals surface area contributed by atoms with E-state index >= 15 is 0 Å². The van der Waals surface area contributed by atoms with Crippen LogP contribution in [0.15, 0.2) is 29.6 Å². The molecule has 0 unspecified atom stereocenters. The molecule has 110 valence electrons. The number of nitrogens with zero attached hydrogens (tertiary/aromatic N) is 1. The second kappa shape index (κ2) is 6.94. The van der Waals surface area contributed by atoms with Gasteiger partial charge in [-0.05, 0) is 31.0 Å². The molecule has 0 aliphatic carbocycles. The van der Waals surface area contributed by atoms with Gasteiger partial charge in [-0.2, -0.15) is 0 Å². The summed E-state index contributed by atoms with van der Waals surface area (Å²) in [6, 6.07) is 5.99. The van der Waals surface area contributed by atoms with E-state index in [2.05, 4.69) is 15.6 Å². The van der Waals surface area contributed by atoms with Gasteiger partial charge in [0.1, 0.15) is 5.82 Å². The minimum atomic E-state index is -0.747. The van der Waals surface area contributed by atoms with E-state index in [0.717, 1.165) is 11.3 Å². The van der Waals surface area contributed by atoms with Crippen molar-refractivity contribution in [2.24, 2.45) is 0 Å². The molecule has 1 heterocycles. The first kappa shape index (κ1) is 15.1. The molecule has 0 saturated heterocycles. The first-order valence-corrected chi connectivity index (χ1v) is 7.18. The third-order valence-electron chi connectivity index (χ3n) is 2.66. The van der Waals surface area contributed by atoms with Crippen molar-refractivity contribution in [2.45, 2.75) is 13.3 Å². The van der Waals surface area contributed by atoms with Crippen LogP contribution >= 0.6 is 11.3 Å². The zero-order valence-electron chi connectivity index (χ0n) is 11.4. The highest BCUT2D eigenvalue weighted by molar-refractivity contribution is 7.14. The fourth-order valence-electron chi connectivity index (χ4n) is 1.62. The summed E-state index contributed by atoms with van der Waals surface area (Å²) in [6.45, 7) is 2.10. The SMILES string of the molecule is Cc1csc(NC(=O)C(=O)NCCc2ccc(F)cc2)n1. The molecule has 2 N–H and O–H groups in total. The largest absolute Gasteiger partial charge is 0.347 e. The quantitative estimate of drug-likeness (QED) is 0.847. The highest BCUT2D eigenvalue weighted by Gasteiger charge is 2.14. The summed E-state index contributed by atoms with van der Waals surface area (Å²) in [5, 5.41) is 7.10. The second-order valence-corrected chi connectivity index (χ2v) is 5.24. The first-order valence-electron chi connectivity index (χ1n) is 6.30. The Morgan fingerprint density at radius 1 is 1.24 bits per heavy atom. The number of aryl methyl sites for hydroxylation is 1. The third kappa shape index (κ3) is 4.64. The molecule has 0 fully saturated rings. The maximum atomic E-state index is 12.7. The molecule has 7 heteroatoms. The number of rotatable bonds is 4. The van der Waals surface area contributed by atoms with Crippen molar-refractivity contribution >= 4 is 28.3 Å². The summed E-state index contributed by atoms with van der Waals surface area (Å²) >= 11 is 1.26. The fraction of sp³-hybridized carbons (Fsp3) is 0.214. The Morgan fingerprint density at radius 3 is 2.57 bits per heavy atom. The standard InChI is InChI=1S/C14H14FN3O2S/c1-9-8-21-14(17-9)18-13(20)12(19)16-7-6-10-2-4-11(15)5-3-10/h2-5,8H,6-7H2,1H3,(H,16,19)(H,17,18,20). The number of halogens is 1. The molecule has 2 aromatic rings. The summed E-state index contributed by atoms with van der Waals surface area (Å²) in [7, 11) is 0. The van der Waals surface area contributed by atoms with Gasteiger partial charge in [0.05, 0.1) is 5.69 Å². The van der Waals surface area contributed by atoms with Gasteiger partial charge in [0.25, 0.3) is 0 Å². The van der Waals surface area contributed by atoms with Gasteiger partial charge in [-0.25, -0.2) is 9.37 Å². The lowest BCUT2D eigenvalue weighted by Crippen LogP contribution is -2.36. The molecule has 1 aromatic heterocycles. The van der Waals surface area contributed by atoms with Crippen molar-refractivity contribution < 1.29 is 14.0 Å². The van der Waals surface area contributed by atoms with Crippen molar-refractivity contribution in [3.63, 3.8) is 0 Å². The number of nitrogens with one attached hydrogen (secondary N) is 2. The van der Waals surface area contributed by atoms with Crippen LogP contribution in [0.3, 0.4) is 0 Å². The smallest absolute Gasteiger partial charge is 0.315 e. The maximum absolute atomic E-state index is 12.7. The van der Waals surface area contributed by atoms with Gasteiger partial charge in [0.2, 0.25) is 0 Å². The Balaban J connectivity index is 1.76. The number of hydrogen-bond donors (Lipinski definition) is 2. The van der Waals surface area contributed by atoms with Crippen molar-refractivity contribution in [3.8, 4) is 0 Å². The van der Waals surface area contributed by atoms with Crippen molar-refractivity contribution in [2.75, 3.05) is 11.9 Å². The molecule has 0 bridgehead atoms. The summed E-state index contributed by atoms with van der Waals surface area (Å²) in [5.41, 5.74) is 1.67. The van der Waals surface area contributed by atoms with E-state index in [1.54, 1.807) is 24.4 Å². The van der Waals surface area contributed by atoms with Gasteiger partial charge in [0.15, 0.2) is 5.13 Å². The lowest BCUT2D eigenvalue weighted by atomic mass is 10.1. The normalized spacial score (nSPS) is 10.2. The molecule has 0 radical (unpaired) electrons. The van der Waals surface area contributed by atoms with Crippen LogP contribution in [0, 0.1) is 12.7 Å². The van der Waals surface area contributed by atoms with Gasteiger partial charge in [-0.1, -0.05) is 12.1 Å². The number of thiazole rings is 1. The monoisotopic (exact) mass is 307 g/mol. The average molecular weight is 307 g/mol. The highest BCUT2D eigenvalue weighted by atomic mass is 32.1. The van der Waals surface area contributed by atoms with Crippen LogP contribution in [0.25, 0.3) is 0 Å². The predicted molar refractivity (Wildman–Crippen MR) is 78.6 cm³/mol. The van der Waals surface area contributed by atoms with Crippen LogP contribution in [0.4, 0.5) is 9.52 Å². The topological polar surface area (TPSA) is 71.1 Å². The van der Waals surface area contributed by atoms with Gasteiger partial charge in [-0.15, -0.1) is 11.3 Å². The van der Waals surface area contributed by atoms with Gasteiger partial charge >= 0.3 is 11.8 Å². The number of amides is 2. The number of hydrogen-bond acceptors (Lipinski definition) is 4. The van der Waals surface area contributed by atoms with Crippen LogP contribution in [-0.2, 0) is 16.0 Å². The molecule has 21 heavy (non-hydrogen) atoms. The number of carbonyl (C=O) groups is 2. The minimum Gasteiger partial charge on any atom is -0.347 e. The van der Waals surface area contributed by atoms with Crippen LogP contribution in [0.5, 0.6) is 0 Å². The number of benzene rings is 1. The zero-order chi connectivity index (χ0) is 15.2. The molecule has 5 nitrogen and oxygen atoms in total. The van der Waals surface area contributed by atoms with Crippen molar-refractivity contribution in [1.29, 1.82) is 0 Å². The molecule has 0 saturated carbocycles. The van der Waals surface area contributed by atoms with Crippen molar-refractivity contribution in [3.05, 3.63) is 46.7 Å². The first-order chi connectivity index (χ1) is 10.0. The van der Waals surface area contributed by atoms with Crippen LogP contribution in [0.2, 0.25) is 0 Å². The molecule has 2 rings (SSSR count).